The Balaban J connectivity index is 1.24. The van der Waals surface area contributed by atoms with Gasteiger partial charge in [0.05, 0.1) is 11.4 Å². The average molecular weight is 673 g/mol. The number of anilines is 6. The Hall–Kier alpha value is -6.00. The van der Waals surface area contributed by atoms with E-state index in [2.05, 4.69) is 202 Å². The molecule has 0 aliphatic carbocycles. The molecule has 0 atom stereocenters. The maximum atomic E-state index is 6.86. The molecule has 0 unspecified atom stereocenters. The normalized spacial score (nSPS) is 13.7. The van der Waals surface area contributed by atoms with Gasteiger partial charge in [-0.1, -0.05) is 122 Å². The van der Waals surface area contributed by atoms with Crippen molar-refractivity contribution in [1.29, 1.82) is 0 Å². The molecule has 0 radical (unpaired) electrons. The van der Waals surface area contributed by atoms with Gasteiger partial charge in [0.15, 0.2) is 0 Å². The zero-order valence-corrected chi connectivity index (χ0v) is 30.4. The van der Waals surface area contributed by atoms with Crippen LogP contribution in [0.25, 0.3) is 11.1 Å². The summed E-state index contributed by atoms with van der Waals surface area (Å²) >= 11 is 0. The van der Waals surface area contributed by atoms with E-state index in [4.69, 9.17) is 4.65 Å². The van der Waals surface area contributed by atoms with Crippen molar-refractivity contribution in [3.05, 3.63) is 186 Å². The summed E-state index contributed by atoms with van der Waals surface area (Å²) < 4.78 is 6.86. The summed E-state index contributed by atoms with van der Waals surface area (Å²) in [6.45, 7) is 11.1. The summed E-state index contributed by atoms with van der Waals surface area (Å²) in [5.74, 6) is 0.920. The van der Waals surface area contributed by atoms with Crippen molar-refractivity contribution >= 4 is 52.0 Å². The molecule has 0 amide bonds. The molecule has 7 aromatic carbocycles. The van der Waals surface area contributed by atoms with Crippen molar-refractivity contribution < 1.29 is 4.65 Å². The molecule has 4 heteroatoms. The van der Waals surface area contributed by atoms with E-state index in [-0.39, 0.29) is 12.3 Å². The maximum Gasteiger partial charge on any atom is 0.427 e. The quantitative estimate of drug-likeness (QED) is 0.169. The molecule has 7 aromatic rings. The summed E-state index contributed by atoms with van der Waals surface area (Å²) in [5, 5.41) is 0. The van der Waals surface area contributed by atoms with Gasteiger partial charge in [0.25, 0.3) is 0 Å². The van der Waals surface area contributed by atoms with Gasteiger partial charge in [-0.05, 0) is 115 Å². The Labute approximate surface area is 307 Å². The van der Waals surface area contributed by atoms with Gasteiger partial charge in [0.1, 0.15) is 5.75 Å². The van der Waals surface area contributed by atoms with E-state index in [0.717, 1.165) is 34.1 Å². The number of fused-ring (bicyclic) bond motifs is 5. The van der Waals surface area contributed by atoms with E-state index >= 15 is 0 Å². The first-order chi connectivity index (χ1) is 25.3. The first-order valence-corrected chi connectivity index (χ1v) is 18.2. The fourth-order valence-electron chi connectivity index (χ4n) is 8.66. The second-order valence-corrected chi connectivity index (χ2v) is 14.8. The Bertz CT molecular complexity index is 2410. The molecule has 0 saturated carbocycles. The summed E-state index contributed by atoms with van der Waals surface area (Å²) in [4.78, 5) is 4.82. The van der Waals surface area contributed by atoms with Crippen LogP contribution in [0.1, 0.15) is 41.7 Å². The lowest BCUT2D eigenvalue weighted by Gasteiger charge is -2.43. The lowest BCUT2D eigenvalue weighted by atomic mass is 9.50. The van der Waals surface area contributed by atoms with Crippen LogP contribution < -0.4 is 25.4 Å². The Kier molecular flexibility index (Phi) is 7.59. The molecule has 3 nitrogen and oxygen atoms in total. The number of rotatable bonds is 5. The van der Waals surface area contributed by atoms with Crippen molar-refractivity contribution in [3.63, 3.8) is 0 Å². The molecule has 0 bridgehead atoms. The largest absolute Gasteiger partial charge is 0.551 e. The lowest BCUT2D eigenvalue weighted by Crippen LogP contribution is -2.52. The number of para-hydroxylation sites is 4. The fourth-order valence-corrected chi connectivity index (χ4v) is 8.66. The van der Waals surface area contributed by atoms with Crippen LogP contribution in [0.4, 0.5) is 34.1 Å². The van der Waals surface area contributed by atoms with Gasteiger partial charge in [0.2, 0.25) is 0 Å². The topological polar surface area (TPSA) is 15.7 Å². The number of benzene rings is 7. The van der Waals surface area contributed by atoms with Crippen LogP contribution >= 0.6 is 0 Å². The maximum absolute atomic E-state index is 6.86. The highest BCUT2D eigenvalue weighted by Gasteiger charge is 2.39. The summed E-state index contributed by atoms with van der Waals surface area (Å²) in [7, 11) is 0. The van der Waals surface area contributed by atoms with Gasteiger partial charge in [0, 0.05) is 33.7 Å². The number of hydrogen-bond acceptors (Lipinski definition) is 3. The minimum Gasteiger partial charge on any atom is -0.551 e. The Morgan fingerprint density at radius 3 is 1.87 bits per heavy atom. The molecular formula is C48H41BN2O. The lowest BCUT2D eigenvalue weighted by molar-refractivity contribution is 0.590. The molecule has 9 rings (SSSR count). The third kappa shape index (κ3) is 5.13. The zero-order valence-electron chi connectivity index (χ0n) is 30.4. The van der Waals surface area contributed by atoms with Crippen molar-refractivity contribution in [2.75, 3.05) is 9.80 Å². The van der Waals surface area contributed by atoms with E-state index < -0.39 is 0 Å². The van der Waals surface area contributed by atoms with E-state index in [1.54, 1.807) is 0 Å². The van der Waals surface area contributed by atoms with Crippen LogP contribution in [-0.2, 0) is 5.41 Å². The van der Waals surface area contributed by atoms with Gasteiger partial charge in [-0.2, -0.15) is 0 Å². The second kappa shape index (κ2) is 12.3. The zero-order chi connectivity index (χ0) is 35.6. The van der Waals surface area contributed by atoms with Gasteiger partial charge in [-0.15, -0.1) is 0 Å². The number of aryl methyl sites for hydroxylation is 3. The summed E-state index contributed by atoms with van der Waals surface area (Å²) in [6.07, 6.45) is 0. The number of nitrogens with zero attached hydrogens (tertiary/aromatic N) is 2. The monoisotopic (exact) mass is 672 g/mol. The Morgan fingerprint density at radius 2 is 1.15 bits per heavy atom. The van der Waals surface area contributed by atoms with Crippen LogP contribution in [0.5, 0.6) is 5.75 Å². The first kappa shape index (κ1) is 31.9. The standard InChI is InChI=1S/C48H41BN2O/c1-32-28-33(2)47(34(3)29-32)49-43-26-24-37(30-40(43)39-20-12-15-23-46(39)52-49)51-44-22-14-13-21-41(44)48(4,5)42-31-38(25-27-45(42)51)50(35-16-8-6-9-17-35)36-18-10-7-11-19-36/h6-31H,1-5H3. The van der Waals surface area contributed by atoms with Crippen LogP contribution in [0.15, 0.2) is 158 Å². The van der Waals surface area contributed by atoms with Crippen molar-refractivity contribution in [2.24, 2.45) is 0 Å². The molecular weight excluding hydrogens is 631 g/mol. The van der Waals surface area contributed by atoms with Crippen LogP contribution in [0.2, 0.25) is 0 Å². The summed E-state index contributed by atoms with van der Waals surface area (Å²) in [5.41, 5.74) is 17.8. The van der Waals surface area contributed by atoms with Gasteiger partial charge < -0.3 is 14.5 Å². The fraction of sp³-hybridized carbons (Fsp3) is 0.125. The highest BCUT2D eigenvalue weighted by atomic mass is 16.4. The molecule has 2 heterocycles. The summed E-state index contributed by atoms with van der Waals surface area (Å²) in [6, 6.07) is 57.2. The molecule has 2 aliphatic rings. The molecule has 0 N–H and O–H groups in total. The van der Waals surface area contributed by atoms with E-state index in [0.29, 0.717) is 0 Å². The second-order valence-electron chi connectivity index (χ2n) is 14.8. The van der Waals surface area contributed by atoms with E-state index in [9.17, 15) is 0 Å². The van der Waals surface area contributed by atoms with Crippen LogP contribution in [0.3, 0.4) is 0 Å². The molecule has 0 fully saturated rings. The molecule has 0 spiro atoms. The van der Waals surface area contributed by atoms with Crippen molar-refractivity contribution in [2.45, 2.75) is 40.0 Å². The van der Waals surface area contributed by atoms with E-state index in [1.807, 2.05) is 0 Å². The third-order valence-electron chi connectivity index (χ3n) is 11.0. The highest BCUT2D eigenvalue weighted by Crippen LogP contribution is 2.53. The van der Waals surface area contributed by atoms with Gasteiger partial charge in [-0.3, -0.25) is 0 Å². The predicted molar refractivity (Wildman–Crippen MR) is 220 cm³/mol. The molecule has 2 aliphatic heterocycles. The van der Waals surface area contributed by atoms with Crippen molar-refractivity contribution in [1.82, 2.24) is 0 Å². The molecule has 0 aromatic heterocycles. The third-order valence-corrected chi connectivity index (χ3v) is 11.0. The number of hydrogen-bond donors (Lipinski definition) is 0. The van der Waals surface area contributed by atoms with Crippen molar-refractivity contribution in [3.8, 4) is 16.9 Å². The average Bonchev–Trinajstić information content (AvgIpc) is 3.16. The van der Waals surface area contributed by atoms with E-state index in [1.165, 1.54) is 55.7 Å². The minimum atomic E-state index is -0.238. The van der Waals surface area contributed by atoms with Crippen LogP contribution in [-0.4, -0.2) is 6.92 Å². The van der Waals surface area contributed by atoms with Gasteiger partial charge >= 0.3 is 6.92 Å². The molecule has 0 saturated heterocycles. The van der Waals surface area contributed by atoms with Gasteiger partial charge in [-0.25, -0.2) is 0 Å². The Morgan fingerprint density at radius 1 is 0.538 bits per heavy atom. The SMILES string of the molecule is Cc1cc(C)c(B2Oc3ccccc3-c3cc(N4c5ccccc5C(C)(C)c5cc(N(c6ccccc6)c6ccccc6)ccc54)ccc32)c(C)c1. The first-order valence-electron chi connectivity index (χ1n) is 18.2. The smallest absolute Gasteiger partial charge is 0.427 e. The predicted octanol–water partition coefficient (Wildman–Crippen LogP) is 11.4. The van der Waals surface area contributed by atoms with Crippen LogP contribution in [0, 0.1) is 20.8 Å². The highest BCUT2D eigenvalue weighted by molar-refractivity contribution is 6.83. The molecule has 252 valence electrons. The minimum absolute atomic E-state index is 0.191. The molecule has 52 heavy (non-hydrogen) atoms.